The maximum Gasteiger partial charge on any atom is 0.0542 e. The van der Waals surface area contributed by atoms with E-state index in [1.165, 1.54) is 60.5 Å². The molecule has 0 atom stereocenters. The predicted octanol–water partition coefficient (Wildman–Crippen LogP) is 9.18. The lowest BCUT2D eigenvalue weighted by Gasteiger charge is -2.19. The quantitative estimate of drug-likeness (QED) is 0.241. The first-order chi connectivity index (χ1) is 17.5. The van der Waals surface area contributed by atoms with Gasteiger partial charge in [-0.05, 0) is 65.6 Å². The van der Waals surface area contributed by atoms with Crippen molar-refractivity contribution in [3.05, 3.63) is 121 Å². The molecule has 0 spiro atoms. The summed E-state index contributed by atoms with van der Waals surface area (Å²) in [6, 6.07) is 42.0. The van der Waals surface area contributed by atoms with Crippen molar-refractivity contribution in [1.82, 2.24) is 9.13 Å². The Labute approximate surface area is 211 Å². The van der Waals surface area contributed by atoms with E-state index in [2.05, 4.69) is 145 Å². The molecule has 0 radical (unpaired) electrons. The number of para-hydroxylation sites is 3. The molecular formula is C34H28N2. The molecule has 0 aliphatic heterocycles. The molecule has 0 saturated carbocycles. The van der Waals surface area contributed by atoms with Crippen LogP contribution in [0, 0.1) is 0 Å². The van der Waals surface area contributed by atoms with Gasteiger partial charge in [-0.1, -0.05) is 81.4 Å². The average molecular weight is 465 g/mol. The van der Waals surface area contributed by atoms with Gasteiger partial charge in [0.2, 0.25) is 0 Å². The molecule has 7 aromatic rings. The zero-order valence-electron chi connectivity index (χ0n) is 20.9. The molecule has 2 heterocycles. The Bertz CT molecular complexity index is 1910. The first kappa shape index (κ1) is 21.0. The summed E-state index contributed by atoms with van der Waals surface area (Å²) in [6.07, 6.45) is 0. The lowest BCUT2D eigenvalue weighted by atomic mass is 9.86. The molecule has 0 N–H and O–H groups in total. The highest BCUT2D eigenvalue weighted by atomic mass is 15.0. The molecule has 0 aliphatic carbocycles. The van der Waals surface area contributed by atoms with Crippen LogP contribution in [-0.2, 0) is 5.41 Å². The summed E-state index contributed by atoms with van der Waals surface area (Å²) >= 11 is 0. The minimum absolute atomic E-state index is 0.107. The third-order valence-corrected chi connectivity index (χ3v) is 7.47. The van der Waals surface area contributed by atoms with Gasteiger partial charge in [0.15, 0.2) is 0 Å². The van der Waals surface area contributed by atoms with Gasteiger partial charge in [0, 0.05) is 32.9 Å². The van der Waals surface area contributed by atoms with Crippen molar-refractivity contribution in [2.24, 2.45) is 0 Å². The van der Waals surface area contributed by atoms with E-state index in [-0.39, 0.29) is 5.41 Å². The summed E-state index contributed by atoms with van der Waals surface area (Å²) in [5, 5.41) is 5.15. The molecule has 0 saturated heterocycles. The standard InChI is InChI=1S/C34H28N2/c1-34(2,3)23-17-19-32-28(21-23)26-13-7-10-16-31(26)36(32)25-18-20-33-29(22-25)27-14-8-9-15-30(27)35(33)24-11-5-4-6-12-24/h4-22H,1-3H3. The van der Waals surface area contributed by atoms with E-state index >= 15 is 0 Å². The zero-order valence-corrected chi connectivity index (χ0v) is 20.9. The van der Waals surface area contributed by atoms with Crippen LogP contribution in [-0.4, -0.2) is 9.13 Å². The van der Waals surface area contributed by atoms with Crippen molar-refractivity contribution in [3.63, 3.8) is 0 Å². The van der Waals surface area contributed by atoms with Crippen molar-refractivity contribution in [2.45, 2.75) is 26.2 Å². The summed E-state index contributed by atoms with van der Waals surface area (Å²) in [7, 11) is 0. The molecule has 2 heteroatoms. The summed E-state index contributed by atoms with van der Waals surface area (Å²) in [5.74, 6) is 0. The summed E-state index contributed by atoms with van der Waals surface area (Å²) in [4.78, 5) is 0. The molecule has 174 valence electrons. The molecule has 0 aliphatic rings. The van der Waals surface area contributed by atoms with Gasteiger partial charge in [0.25, 0.3) is 0 Å². The van der Waals surface area contributed by atoms with E-state index in [0.29, 0.717) is 0 Å². The van der Waals surface area contributed by atoms with Crippen LogP contribution >= 0.6 is 0 Å². The number of hydrogen-bond acceptors (Lipinski definition) is 0. The van der Waals surface area contributed by atoms with Crippen LogP contribution in [0.15, 0.2) is 115 Å². The molecule has 2 aromatic heterocycles. The minimum atomic E-state index is 0.107. The van der Waals surface area contributed by atoms with Crippen LogP contribution in [0.1, 0.15) is 26.3 Å². The number of hydrogen-bond donors (Lipinski definition) is 0. The van der Waals surface area contributed by atoms with Crippen molar-refractivity contribution in [3.8, 4) is 11.4 Å². The van der Waals surface area contributed by atoms with Gasteiger partial charge in [-0.15, -0.1) is 0 Å². The van der Waals surface area contributed by atoms with Crippen LogP contribution in [0.3, 0.4) is 0 Å². The highest BCUT2D eigenvalue weighted by molar-refractivity contribution is 6.12. The SMILES string of the molecule is CC(C)(C)c1ccc2c(c1)c1ccccc1n2-c1ccc2c(c1)c1ccccc1n2-c1ccccc1. The second-order valence-corrected chi connectivity index (χ2v) is 10.7. The fraction of sp³-hybridized carbons (Fsp3) is 0.118. The van der Waals surface area contributed by atoms with E-state index in [1.807, 2.05) is 0 Å². The minimum Gasteiger partial charge on any atom is -0.309 e. The van der Waals surface area contributed by atoms with Crippen LogP contribution in [0.4, 0.5) is 0 Å². The van der Waals surface area contributed by atoms with E-state index in [1.54, 1.807) is 0 Å². The van der Waals surface area contributed by atoms with Gasteiger partial charge in [-0.25, -0.2) is 0 Å². The van der Waals surface area contributed by atoms with Crippen molar-refractivity contribution in [2.75, 3.05) is 0 Å². The van der Waals surface area contributed by atoms with Gasteiger partial charge >= 0.3 is 0 Å². The van der Waals surface area contributed by atoms with Crippen molar-refractivity contribution in [1.29, 1.82) is 0 Å². The second-order valence-electron chi connectivity index (χ2n) is 10.7. The first-order valence-corrected chi connectivity index (χ1v) is 12.6. The van der Waals surface area contributed by atoms with Gasteiger partial charge in [-0.2, -0.15) is 0 Å². The predicted molar refractivity (Wildman–Crippen MR) is 154 cm³/mol. The third kappa shape index (κ3) is 3.04. The van der Waals surface area contributed by atoms with Gasteiger partial charge in [0.1, 0.15) is 0 Å². The van der Waals surface area contributed by atoms with E-state index < -0.39 is 0 Å². The summed E-state index contributed by atoms with van der Waals surface area (Å²) < 4.78 is 4.79. The fourth-order valence-corrected chi connectivity index (χ4v) is 5.67. The molecule has 0 amide bonds. The lowest BCUT2D eigenvalue weighted by Crippen LogP contribution is -2.10. The van der Waals surface area contributed by atoms with E-state index in [4.69, 9.17) is 0 Å². The van der Waals surface area contributed by atoms with Gasteiger partial charge < -0.3 is 9.13 Å². The van der Waals surface area contributed by atoms with Crippen LogP contribution in [0.2, 0.25) is 0 Å². The summed E-state index contributed by atoms with van der Waals surface area (Å²) in [5.41, 5.74) is 8.78. The number of benzene rings is 5. The highest BCUT2D eigenvalue weighted by Crippen LogP contribution is 2.38. The Morgan fingerprint density at radius 1 is 0.417 bits per heavy atom. The molecular weight excluding hydrogens is 436 g/mol. The normalized spacial score (nSPS) is 12.3. The lowest BCUT2D eigenvalue weighted by molar-refractivity contribution is 0.591. The fourth-order valence-electron chi connectivity index (χ4n) is 5.67. The zero-order chi connectivity index (χ0) is 24.4. The van der Waals surface area contributed by atoms with Crippen LogP contribution in [0.25, 0.3) is 55.0 Å². The van der Waals surface area contributed by atoms with E-state index in [0.717, 1.165) is 0 Å². The van der Waals surface area contributed by atoms with Gasteiger partial charge in [-0.3, -0.25) is 0 Å². The maximum atomic E-state index is 2.42. The molecule has 0 unspecified atom stereocenters. The Hall–Kier alpha value is -4.30. The monoisotopic (exact) mass is 464 g/mol. The van der Waals surface area contributed by atoms with Gasteiger partial charge in [0.05, 0.1) is 22.1 Å². The molecule has 36 heavy (non-hydrogen) atoms. The number of rotatable bonds is 2. The Kier molecular flexibility index (Phi) is 4.44. The molecule has 2 nitrogen and oxygen atoms in total. The smallest absolute Gasteiger partial charge is 0.0542 e. The highest BCUT2D eigenvalue weighted by Gasteiger charge is 2.19. The first-order valence-electron chi connectivity index (χ1n) is 12.6. The topological polar surface area (TPSA) is 9.86 Å². The third-order valence-electron chi connectivity index (χ3n) is 7.47. The van der Waals surface area contributed by atoms with Crippen molar-refractivity contribution < 1.29 is 0 Å². The average Bonchev–Trinajstić information content (AvgIpc) is 3.41. The van der Waals surface area contributed by atoms with Crippen LogP contribution < -0.4 is 0 Å². The van der Waals surface area contributed by atoms with E-state index in [9.17, 15) is 0 Å². The molecule has 0 bridgehead atoms. The molecule has 0 fully saturated rings. The largest absolute Gasteiger partial charge is 0.309 e. The Morgan fingerprint density at radius 3 is 1.56 bits per heavy atom. The summed E-state index contributed by atoms with van der Waals surface area (Å²) in [6.45, 7) is 6.84. The number of fused-ring (bicyclic) bond motifs is 6. The molecule has 7 rings (SSSR count). The maximum absolute atomic E-state index is 2.42. The Morgan fingerprint density at radius 2 is 0.917 bits per heavy atom. The Balaban J connectivity index is 1.55. The van der Waals surface area contributed by atoms with Crippen molar-refractivity contribution >= 4 is 43.6 Å². The molecule has 5 aromatic carbocycles. The number of aromatic nitrogens is 2. The second kappa shape index (κ2) is 7.60. The number of nitrogens with zero attached hydrogens (tertiary/aromatic N) is 2. The van der Waals surface area contributed by atoms with Crippen LogP contribution in [0.5, 0.6) is 0 Å².